The normalized spacial score (nSPS) is 27.2. The lowest BCUT2D eigenvalue weighted by Crippen LogP contribution is -2.21. The highest BCUT2D eigenvalue weighted by molar-refractivity contribution is 6.30. The van der Waals surface area contributed by atoms with Crippen LogP contribution < -0.4 is 5.73 Å². The number of hydrogen-bond acceptors (Lipinski definition) is 2. The van der Waals surface area contributed by atoms with Crippen LogP contribution in [0.4, 0.5) is 0 Å². The van der Waals surface area contributed by atoms with E-state index in [0.29, 0.717) is 6.54 Å². The maximum atomic E-state index is 5.75. The Morgan fingerprint density at radius 2 is 2.00 bits per heavy atom. The summed E-state index contributed by atoms with van der Waals surface area (Å²) in [5.74, 6) is 0. The molecule has 1 aromatic carbocycles. The molecule has 0 bridgehead atoms. The summed E-state index contributed by atoms with van der Waals surface area (Å²) in [6.07, 6.45) is 0. The van der Waals surface area contributed by atoms with Crippen molar-refractivity contribution >= 4 is 11.6 Å². The molecule has 2 nitrogen and oxygen atoms in total. The maximum Gasteiger partial charge on any atom is 0.129 e. The van der Waals surface area contributed by atoms with E-state index in [9.17, 15) is 0 Å². The van der Waals surface area contributed by atoms with Crippen molar-refractivity contribution in [3.05, 3.63) is 34.9 Å². The SMILES string of the molecule is NC[C@]1(c2ccc(Cl)cc2)CO1. The van der Waals surface area contributed by atoms with Gasteiger partial charge < -0.3 is 10.5 Å². The highest BCUT2D eigenvalue weighted by Crippen LogP contribution is 2.37. The molecule has 2 N–H and O–H groups in total. The summed E-state index contributed by atoms with van der Waals surface area (Å²) in [6.45, 7) is 1.26. The molecule has 0 aromatic heterocycles. The summed E-state index contributed by atoms with van der Waals surface area (Å²) in [5, 5.41) is 0.742. The van der Waals surface area contributed by atoms with E-state index >= 15 is 0 Å². The van der Waals surface area contributed by atoms with E-state index in [-0.39, 0.29) is 5.60 Å². The summed E-state index contributed by atoms with van der Waals surface area (Å²) < 4.78 is 5.30. The quantitative estimate of drug-likeness (QED) is 0.707. The van der Waals surface area contributed by atoms with Crippen molar-refractivity contribution in [1.29, 1.82) is 0 Å². The lowest BCUT2D eigenvalue weighted by molar-refractivity contribution is 0.315. The Labute approximate surface area is 76.3 Å². The first-order chi connectivity index (χ1) is 5.77. The van der Waals surface area contributed by atoms with Crippen LogP contribution >= 0.6 is 11.6 Å². The van der Waals surface area contributed by atoms with Crippen LogP contribution in [-0.2, 0) is 10.3 Å². The lowest BCUT2D eigenvalue weighted by atomic mass is 10.0. The number of nitrogens with two attached hydrogens (primary N) is 1. The second-order valence-corrected chi connectivity index (χ2v) is 3.43. The Morgan fingerprint density at radius 3 is 2.42 bits per heavy atom. The average molecular weight is 184 g/mol. The van der Waals surface area contributed by atoms with E-state index in [1.54, 1.807) is 0 Å². The molecular formula is C9H10ClNO. The van der Waals surface area contributed by atoms with E-state index in [0.717, 1.165) is 17.2 Å². The molecule has 0 amide bonds. The molecule has 1 aromatic rings. The standard InChI is InChI=1S/C9H10ClNO/c10-8-3-1-7(2-4-8)9(5-11)6-12-9/h1-4H,5-6,11H2/t9-/m1/s1. The van der Waals surface area contributed by atoms with Crippen LogP contribution in [0, 0.1) is 0 Å². The van der Waals surface area contributed by atoms with Crippen LogP contribution in [0.3, 0.4) is 0 Å². The summed E-state index contributed by atoms with van der Waals surface area (Å²) in [6, 6.07) is 7.64. The number of halogens is 1. The predicted molar refractivity (Wildman–Crippen MR) is 48.1 cm³/mol. The van der Waals surface area contributed by atoms with Crippen molar-refractivity contribution in [2.24, 2.45) is 5.73 Å². The van der Waals surface area contributed by atoms with Crippen molar-refractivity contribution in [1.82, 2.24) is 0 Å². The monoisotopic (exact) mass is 183 g/mol. The van der Waals surface area contributed by atoms with E-state index in [1.165, 1.54) is 0 Å². The average Bonchev–Trinajstić information content (AvgIpc) is 2.86. The van der Waals surface area contributed by atoms with Crippen molar-refractivity contribution in [2.75, 3.05) is 13.2 Å². The van der Waals surface area contributed by atoms with E-state index < -0.39 is 0 Å². The van der Waals surface area contributed by atoms with Crippen LogP contribution in [0.2, 0.25) is 5.02 Å². The minimum atomic E-state index is -0.204. The summed E-state index contributed by atoms with van der Waals surface area (Å²) in [5.41, 5.74) is 6.50. The molecule has 0 unspecified atom stereocenters. The number of epoxide rings is 1. The first-order valence-corrected chi connectivity index (χ1v) is 4.25. The third kappa shape index (κ3) is 1.22. The number of ether oxygens (including phenoxy) is 1. The van der Waals surface area contributed by atoms with Gasteiger partial charge in [0.25, 0.3) is 0 Å². The molecule has 1 saturated heterocycles. The molecule has 12 heavy (non-hydrogen) atoms. The van der Waals surface area contributed by atoms with Crippen molar-refractivity contribution in [3.63, 3.8) is 0 Å². The summed E-state index contributed by atoms with van der Waals surface area (Å²) >= 11 is 5.75. The van der Waals surface area contributed by atoms with Gasteiger partial charge in [-0.2, -0.15) is 0 Å². The maximum absolute atomic E-state index is 5.75. The van der Waals surface area contributed by atoms with E-state index in [2.05, 4.69) is 0 Å². The van der Waals surface area contributed by atoms with Crippen LogP contribution in [-0.4, -0.2) is 13.2 Å². The third-order valence-corrected chi connectivity index (χ3v) is 2.44. The second-order valence-electron chi connectivity index (χ2n) is 2.99. The molecule has 2 rings (SSSR count). The Morgan fingerprint density at radius 1 is 1.42 bits per heavy atom. The molecule has 64 valence electrons. The number of rotatable bonds is 2. The Kier molecular flexibility index (Phi) is 1.83. The Balaban J connectivity index is 2.29. The van der Waals surface area contributed by atoms with Gasteiger partial charge in [0.05, 0.1) is 6.61 Å². The van der Waals surface area contributed by atoms with Gasteiger partial charge in [-0.1, -0.05) is 23.7 Å². The van der Waals surface area contributed by atoms with Crippen molar-refractivity contribution < 1.29 is 4.74 Å². The minimum Gasteiger partial charge on any atom is -0.363 e. The number of hydrogen-bond donors (Lipinski definition) is 1. The van der Waals surface area contributed by atoms with Gasteiger partial charge in [-0.15, -0.1) is 0 Å². The topological polar surface area (TPSA) is 38.5 Å². The van der Waals surface area contributed by atoms with E-state index in [1.807, 2.05) is 24.3 Å². The van der Waals surface area contributed by atoms with Gasteiger partial charge in [0.1, 0.15) is 5.60 Å². The molecule has 0 radical (unpaired) electrons. The van der Waals surface area contributed by atoms with Crippen molar-refractivity contribution in [3.8, 4) is 0 Å². The zero-order chi connectivity index (χ0) is 8.60. The molecule has 1 aliphatic rings. The molecule has 0 spiro atoms. The fraction of sp³-hybridized carbons (Fsp3) is 0.333. The first kappa shape index (κ1) is 8.05. The highest BCUT2D eigenvalue weighted by Gasteiger charge is 2.44. The molecule has 0 aliphatic carbocycles. The largest absolute Gasteiger partial charge is 0.363 e. The van der Waals surface area contributed by atoms with Gasteiger partial charge >= 0.3 is 0 Å². The molecule has 1 aliphatic heterocycles. The van der Waals surface area contributed by atoms with Gasteiger partial charge in [-0.25, -0.2) is 0 Å². The van der Waals surface area contributed by atoms with E-state index in [4.69, 9.17) is 22.1 Å². The van der Waals surface area contributed by atoms with Crippen LogP contribution in [0.5, 0.6) is 0 Å². The molecule has 3 heteroatoms. The van der Waals surface area contributed by atoms with Gasteiger partial charge in [0, 0.05) is 11.6 Å². The Hall–Kier alpha value is -0.570. The zero-order valence-electron chi connectivity index (χ0n) is 6.59. The fourth-order valence-corrected chi connectivity index (χ4v) is 1.37. The minimum absolute atomic E-state index is 0.204. The van der Waals surface area contributed by atoms with Gasteiger partial charge in [-0.3, -0.25) is 0 Å². The first-order valence-electron chi connectivity index (χ1n) is 3.87. The number of benzene rings is 1. The highest BCUT2D eigenvalue weighted by atomic mass is 35.5. The molecule has 1 heterocycles. The smallest absolute Gasteiger partial charge is 0.129 e. The molecule has 1 atom stereocenters. The third-order valence-electron chi connectivity index (χ3n) is 2.19. The van der Waals surface area contributed by atoms with Crippen LogP contribution in [0.1, 0.15) is 5.56 Å². The molecule has 1 fully saturated rings. The molecule has 0 saturated carbocycles. The van der Waals surface area contributed by atoms with Crippen LogP contribution in [0.25, 0.3) is 0 Å². The van der Waals surface area contributed by atoms with Gasteiger partial charge in [0.2, 0.25) is 0 Å². The Bertz CT molecular complexity index is 279. The van der Waals surface area contributed by atoms with Crippen molar-refractivity contribution in [2.45, 2.75) is 5.60 Å². The second kappa shape index (κ2) is 2.73. The fourth-order valence-electron chi connectivity index (χ4n) is 1.24. The van der Waals surface area contributed by atoms with Gasteiger partial charge in [0.15, 0.2) is 0 Å². The predicted octanol–water partition coefficient (Wildman–Crippen LogP) is 1.52. The van der Waals surface area contributed by atoms with Gasteiger partial charge in [-0.05, 0) is 17.7 Å². The molecular weight excluding hydrogens is 174 g/mol. The van der Waals surface area contributed by atoms with Crippen LogP contribution in [0.15, 0.2) is 24.3 Å². The summed E-state index contributed by atoms with van der Waals surface area (Å²) in [7, 11) is 0. The lowest BCUT2D eigenvalue weighted by Gasteiger charge is -2.08. The zero-order valence-corrected chi connectivity index (χ0v) is 7.34. The summed E-state index contributed by atoms with van der Waals surface area (Å²) in [4.78, 5) is 0.